The summed E-state index contributed by atoms with van der Waals surface area (Å²) in [4.78, 5) is 9.13. The van der Waals surface area contributed by atoms with Gasteiger partial charge in [0.05, 0.1) is 24.9 Å². The van der Waals surface area contributed by atoms with Crippen LogP contribution >= 0.6 is 0 Å². The maximum Gasteiger partial charge on any atom is 0.179 e. The Hall–Kier alpha value is -3.45. The van der Waals surface area contributed by atoms with Gasteiger partial charge >= 0.3 is 0 Å². The maximum absolute atomic E-state index is 14.1. The number of fused-ring (bicyclic) bond motifs is 2. The Kier molecular flexibility index (Phi) is 4.37. The van der Waals surface area contributed by atoms with E-state index in [-0.39, 0.29) is 24.1 Å². The molecule has 5 rings (SSSR count). The third-order valence-electron chi connectivity index (χ3n) is 5.20. The van der Waals surface area contributed by atoms with Crippen LogP contribution in [0.2, 0.25) is 0 Å². The van der Waals surface area contributed by atoms with Gasteiger partial charge in [-0.25, -0.2) is 14.1 Å². The van der Waals surface area contributed by atoms with Crippen LogP contribution in [-0.2, 0) is 13.2 Å². The van der Waals surface area contributed by atoms with E-state index in [9.17, 15) is 4.39 Å². The maximum atomic E-state index is 14.1. The standard InChI is InChI=1S/C22H18FN5O/c23-18-11-16(4-5-17(18)13-29)20-7-8-21-22(25-20)28(27-26-21)12-14-3-6-19-15(10-14)2-1-9-24-19/h1-11,15,19,29H,12-13H2. The predicted octanol–water partition coefficient (Wildman–Crippen LogP) is 3.25. The molecule has 29 heavy (non-hydrogen) atoms. The number of allylic oxidation sites excluding steroid dienone is 3. The van der Waals surface area contributed by atoms with E-state index in [4.69, 9.17) is 5.11 Å². The molecule has 7 heteroatoms. The lowest BCUT2D eigenvalue weighted by atomic mass is 9.90. The number of dihydropyridines is 1. The lowest BCUT2D eigenvalue weighted by Crippen LogP contribution is -2.19. The molecule has 2 aromatic heterocycles. The summed E-state index contributed by atoms with van der Waals surface area (Å²) in [6.45, 7) is 0.211. The molecule has 0 bridgehead atoms. The lowest BCUT2D eigenvalue weighted by Gasteiger charge is -2.22. The molecule has 0 saturated heterocycles. The molecule has 2 aliphatic rings. The first-order valence-corrected chi connectivity index (χ1v) is 9.40. The number of rotatable bonds is 4. The average molecular weight is 387 g/mol. The van der Waals surface area contributed by atoms with Crippen LogP contribution in [0.3, 0.4) is 0 Å². The molecular weight excluding hydrogens is 369 g/mol. The number of aromatic nitrogens is 4. The summed E-state index contributed by atoms with van der Waals surface area (Å²) in [6, 6.07) is 8.50. The summed E-state index contributed by atoms with van der Waals surface area (Å²) in [5, 5.41) is 17.6. The van der Waals surface area contributed by atoms with E-state index in [1.807, 2.05) is 18.4 Å². The van der Waals surface area contributed by atoms with E-state index in [0.717, 1.165) is 5.57 Å². The van der Waals surface area contributed by atoms with Gasteiger partial charge in [0.25, 0.3) is 0 Å². The van der Waals surface area contributed by atoms with Gasteiger partial charge in [0.1, 0.15) is 11.3 Å². The number of halogens is 1. The van der Waals surface area contributed by atoms with Gasteiger partial charge in [-0.3, -0.25) is 4.99 Å². The normalized spacial score (nSPS) is 20.1. The average Bonchev–Trinajstić information content (AvgIpc) is 3.15. The molecule has 1 aromatic carbocycles. The Bertz CT molecular complexity index is 1210. The predicted molar refractivity (Wildman–Crippen MR) is 109 cm³/mol. The lowest BCUT2D eigenvalue weighted by molar-refractivity contribution is 0.276. The summed E-state index contributed by atoms with van der Waals surface area (Å²) in [7, 11) is 0. The molecule has 0 amide bonds. The third kappa shape index (κ3) is 3.30. The van der Waals surface area contributed by atoms with E-state index in [2.05, 4.69) is 44.6 Å². The highest BCUT2D eigenvalue weighted by Crippen LogP contribution is 2.26. The van der Waals surface area contributed by atoms with Crippen molar-refractivity contribution in [1.82, 2.24) is 20.0 Å². The van der Waals surface area contributed by atoms with Crippen molar-refractivity contribution in [1.29, 1.82) is 0 Å². The third-order valence-corrected chi connectivity index (χ3v) is 5.20. The number of aliphatic hydroxyl groups is 1. The fourth-order valence-electron chi connectivity index (χ4n) is 3.63. The first-order valence-electron chi connectivity index (χ1n) is 9.40. The number of nitrogens with zero attached hydrogens (tertiary/aromatic N) is 5. The number of aliphatic hydroxyl groups excluding tert-OH is 1. The van der Waals surface area contributed by atoms with Gasteiger partial charge in [-0.2, -0.15) is 0 Å². The Morgan fingerprint density at radius 3 is 2.93 bits per heavy atom. The van der Waals surface area contributed by atoms with E-state index < -0.39 is 5.82 Å². The number of benzene rings is 1. The highest BCUT2D eigenvalue weighted by molar-refractivity contribution is 5.75. The molecule has 1 aliphatic carbocycles. The smallest absolute Gasteiger partial charge is 0.179 e. The molecule has 6 nitrogen and oxygen atoms in total. The zero-order valence-electron chi connectivity index (χ0n) is 15.5. The minimum Gasteiger partial charge on any atom is -0.392 e. The van der Waals surface area contributed by atoms with Crippen LogP contribution in [0, 0.1) is 11.7 Å². The van der Waals surface area contributed by atoms with Crippen molar-refractivity contribution in [3.8, 4) is 11.3 Å². The van der Waals surface area contributed by atoms with Crippen LogP contribution in [0.25, 0.3) is 22.4 Å². The zero-order valence-corrected chi connectivity index (χ0v) is 15.5. The fraction of sp³-hybridized carbons (Fsp3) is 0.182. The molecular formula is C22H18FN5O. The van der Waals surface area contributed by atoms with Crippen molar-refractivity contribution < 1.29 is 9.50 Å². The second-order valence-electron chi connectivity index (χ2n) is 7.10. The van der Waals surface area contributed by atoms with E-state index in [0.29, 0.717) is 29.0 Å². The van der Waals surface area contributed by atoms with Crippen LogP contribution in [0.15, 0.2) is 71.3 Å². The summed E-state index contributed by atoms with van der Waals surface area (Å²) in [6.07, 6.45) is 12.3. The molecule has 3 aromatic rings. The van der Waals surface area contributed by atoms with Gasteiger partial charge in [-0.15, -0.1) is 5.10 Å². The Labute approximate surface area is 166 Å². The van der Waals surface area contributed by atoms with Gasteiger partial charge in [0.2, 0.25) is 0 Å². The number of hydrogen-bond acceptors (Lipinski definition) is 5. The molecule has 0 spiro atoms. The number of pyridine rings is 1. The van der Waals surface area contributed by atoms with Crippen molar-refractivity contribution in [3.63, 3.8) is 0 Å². The van der Waals surface area contributed by atoms with Gasteiger partial charge in [-0.1, -0.05) is 41.7 Å². The van der Waals surface area contributed by atoms with Crippen LogP contribution in [0.4, 0.5) is 4.39 Å². The molecule has 0 fully saturated rings. The van der Waals surface area contributed by atoms with Crippen molar-refractivity contribution in [3.05, 3.63) is 77.7 Å². The largest absolute Gasteiger partial charge is 0.392 e. The van der Waals surface area contributed by atoms with Crippen molar-refractivity contribution >= 4 is 17.4 Å². The first kappa shape index (κ1) is 17.6. The summed E-state index contributed by atoms with van der Waals surface area (Å²) >= 11 is 0. The molecule has 2 atom stereocenters. The summed E-state index contributed by atoms with van der Waals surface area (Å²) in [5.74, 6) is -0.194. The molecule has 0 radical (unpaired) electrons. The molecule has 3 heterocycles. The Balaban J connectivity index is 1.47. The van der Waals surface area contributed by atoms with E-state index in [1.165, 1.54) is 6.07 Å². The highest BCUT2D eigenvalue weighted by Gasteiger charge is 2.20. The van der Waals surface area contributed by atoms with Crippen LogP contribution in [0.5, 0.6) is 0 Å². The molecule has 144 valence electrons. The van der Waals surface area contributed by atoms with Crippen molar-refractivity contribution in [2.45, 2.75) is 19.2 Å². The fourth-order valence-corrected chi connectivity index (χ4v) is 3.63. The first-order chi connectivity index (χ1) is 14.2. The monoisotopic (exact) mass is 387 g/mol. The summed E-state index contributed by atoms with van der Waals surface area (Å²) < 4.78 is 15.8. The number of hydrogen-bond donors (Lipinski definition) is 1. The van der Waals surface area contributed by atoms with Crippen LogP contribution in [0.1, 0.15) is 5.56 Å². The minimum absolute atomic E-state index is 0.165. The van der Waals surface area contributed by atoms with Gasteiger partial charge in [0.15, 0.2) is 5.65 Å². The van der Waals surface area contributed by atoms with Crippen LogP contribution in [-0.4, -0.2) is 37.3 Å². The second kappa shape index (κ2) is 7.18. The van der Waals surface area contributed by atoms with E-state index in [1.54, 1.807) is 22.9 Å². The zero-order chi connectivity index (χ0) is 19.8. The van der Waals surface area contributed by atoms with Gasteiger partial charge in [-0.05, 0) is 29.8 Å². The molecule has 2 unspecified atom stereocenters. The van der Waals surface area contributed by atoms with Crippen LogP contribution < -0.4 is 0 Å². The Morgan fingerprint density at radius 1 is 1.14 bits per heavy atom. The number of aliphatic imine (C=N–C) groups is 1. The van der Waals surface area contributed by atoms with Crippen molar-refractivity contribution in [2.24, 2.45) is 10.9 Å². The van der Waals surface area contributed by atoms with E-state index >= 15 is 0 Å². The molecule has 1 N–H and O–H groups in total. The minimum atomic E-state index is -0.450. The second-order valence-corrected chi connectivity index (χ2v) is 7.10. The molecule has 0 saturated carbocycles. The van der Waals surface area contributed by atoms with Gasteiger partial charge in [0, 0.05) is 23.3 Å². The van der Waals surface area contributed by atoms with Gasteiger partial charge < -0.3 is 5.11 Å². The highest BCUT2D eigenvalue weighted by atomic mass is 19.1. The quantitative estimate of drug-likeness (QED) is 0.746. The summed E-state index contributed by atoms with van der Waals surface area (Å²) in [5.41, 5.74) is 3.97. The topological polar surface area (TPSA) is 76.2 Å². The Morgan fingerprint density at radius 2 is 2.07 bits per heavy atom. The SMILES string of the molecule is OCc1ccc(-c2ccc3nnn(CC4=CC5C=CC=NC5C=C4)c3n2)cc1F. The molecule has 1 aliphatic heterocycles. The van der Waals surface area contributed by atoms with Crippen molar-refractivity contribution in [2.75, 3.05) is 0 Å².